The summed E-state index contributed by atoms with van der Waals surface area (Å²) in [6.07, 6.45) is 3.75. The molecule has 0 radical (unpaired) electrons. The summed E-state index contributed by atoms with van der Waals surface area (Å²) in [6, 6.07) is 9.77. The second-order valence-corrected chi connectivity index (χ2v) is 6.94. The van der Waals surface area contributed by atoms with Gasteiger partial charge in [-0.1, -0.05) is 6.42 Å². The minimum Gasteiger partial charge on any atom is -0.454 e. The van der Waals surface area contributed by atoms with Crippen LogP contribution in [0.5, 0.6) is 11.5 Å². The molecule has 1 aromatic heterocycles. The van der Waals surface area contributed by atoms with Crippen LogP contribution in [0.1, 0.15) is 46.8 Å². The van der Waals surface area contributed by atoms with Crippen LogP contribution in [0.2, 0.25) is 0 Å². The van der Waals surface area contributed by atoms with Crippen LogP contribution in [0.25, 0.3) is 10.9 Å². The summed E-state index contributed by atoms with van der Waals surface area (Å²) in [7, 11) is 0. The normalized spacial score (nSPS) is 18.6. The highest BCUT2D eigenvalue weighted by molar-refractivity contribution is 6.04. The van der Waals surface area contributed by atoms with Crippen molar-refractivity contribution in [3.8, 4) is 11.5 Å². The Morgan fingerprint density at radius 2 is 1.85 bits per heavy atom. The number of H-pyrrole nitrogens is 1. The molecule has 2 aliphatic rings. The molecule has 4 nitrogen and oxygen atoms in total. The molecule has 1 aliphatic carbocycles. The lowest BCUT2D eigenvalue weighted by Crippen LogP contribution is -2.13. The van der Waals surface area contributed by atoms with Gasteiger partial charge in [-0.25, -0.2) is 4.39 Å². The molecular formula is C21H18FNO3. The number of rotatable bonds is 2. The van der Waals surface area contributed by atoms with Crippen LogP contribution in [0.3, 0.4) is 0 Å². The summed E-state index contributed by atoms with van der Waals surface area (Å²) >= 11 is 0. The zero-order valence-electron chi connectivity index (χ0n) is 14.2. The quantitative estimate of drug-likeness (QED) is 0.536. The van der Waals surface area contributed by atoms with Gasteiger partial charge in [-0.3, -0.25) is 4.79 Å². The van der Waals surface area contributed by atoms with Crippen LogP contribution in [0.15, 0.2) is 36.4 Å². The Hall–Kier alpha value is -2.82. The number of aromatic nitrogens is 1. The summed E-state index contributed by atoms with van der Waals surface area (Å²) in [5, 5.41) is 1.02. The molecule has 0 spiro atoms. The number of carbonyl (C=O) groups excluding carboxylic acids is 1. The molecule has 0 fully saturated rings. The zero-order valence-corrected chi connectivity index (χ0v) is 14.2. The van der Waals surface area contributed by atoms with Gasteiger partial charge in [-0.2, -0.15) is 0 Å². The number of aromatic amines is 1. The molecule has 3 aromatic rings. The van der Waals surface area contributed by atoms with Crippen molar-refractivity contribution in [2.75, 3.05) is 6.79 Å². The first-order chi connectivity index (χ1) is 12.7. The van der Waals surface area contributed by atoms with Crippen LogP contribution in [0, 0.1) is 5.82 Å². The van der Waals surface area contributed by atoms with Gasteiger partial charge in [0.1, 0.15) is 5.82 Å². The number of benzene rings is 2. The van der Waals surface area contributed by atoms with Crippen LogP contribution in [-0.2, 0) is 6.42 Å². The number of hydrogen-bond acceptors (Lipinski definition) is 3. The van der Waals surface area contributed by atoms with Crippen molar-refractivity contribution >= 4 is 16.7 Å². The van der Waals surface area contributed by atoms with Crippen molar-refractivity contribution in [2.45, 2.75) is 31.6 Å². The number of aryl methyl sites for hydroxylation is 1. The summed E-state index contributed by atoms with van der Waals surface area (Å²) < 4.78 is 24.2. The second-order valence-electron chi connectivity index (χ2n) is 6.94. The van der Waals surface area contributed by atoms with Crippen LogP contribution in [-0.4, -0.2) is 17.6 Å². The monoisotopic (exact) mass is 351 g/mol. The topological polar surface area (TPSA) is 51.3 Å². The molecule has 1 N–H and O–H groups in total. The molecule has 0 amide bonds. The summed E-state index contributed by atoms with van der Waals surface area (Å²) in [5.74, 6) is 0.938. The summed E-state index contributed by atoms with van der Waals surface area (Å²) in [4.78, 5) is 16.7. The SMILES string of the molecule is O=C(c1ccc(F)cc1)C1CCCCc2[nH]c3cc4c(cc3c21)OCO4. The third-order valence-corrected chi connectivity index (χ3v) is 5.38. The van der Waals surface area contributed by atoms with E-state index in [0.717, 1.165) is 59.3 Å². The fourth-order valence-corrected chi connectivity index (χ4v) is 4.13. The van der Waals surface area contributed by atoms with E-state index in [-0.39, 0.29) is 24.3 Å². The van der Waals surface area contributed by atoms with Crippen LogP contribution >= 0.6 is 0 Å². The minimum atomic E-state index is -0.331. The Balaban J connectivity index is 1.65. The first kappa shape index (κ1) is 15.4. The maximum atomic E-state index is 13.2. The number of ketones is 1. The fourth-order valence-electron chi connectivity index (χ4n) is 4.13. The molecule has 0 saturated carbocycles. The molecule has 2 aromatic carbocycles. The van der Waals surface area contributed by atoms with E-state index < -0.39 is 0 Å². The van der Waals surface area contributed by atoms with Gasteiger partial charge < -0.3 is 14.5 Å². The van der Waals surface area contributed by atoms with E-state index in [2.05, 4.69) is 4.98 Å². The number of halogens is 1. The summed E-state index contributed by atoms with van der Waals surface area (Å²) in [5.41, 5.74) is 3.70. The van der Waals surface area contributed by atoms with E-state index in [0.29, 0.717) is 5.56 Å². The van der Waals surface area contributed by atoms with Gasteiger partial charge in [-0.05, 0) is 55.2 Å². The number of Topliss-reactive ketones (excluding diaryl/α,β-unsaturated/α-hetero) is 1. The predicted octanol–water partition coefficient (Wildman–Crippen LogP) is 4.73. The van der Waals surface area contributed by atoms with Gasteiger partial charge in [0.15, 0.2) is 17.3 Å². The molecule has 0 saturated heterocycles. The van der Waals surface area contributed by atoms with Gasteiger partial charge in [0.25, 0.3) is 0 Å². The highest BCUT2D eigenvalue weighted by atomic mass is 19.1. The molecule has 1 unspecified atom stereocenters. The molecule has 5 heteroatoms. The molecule has 26 heavy (non-hydrogen) atoms. The molecule has 1 atom stereocenters. The molecular weight excluding hydrogens is 333 g/mol. The van der Waals surface area contributed by atoms with E-state index in [9.17, 15) is 9.18 Å². The Kier molecular flexibility index (Phi) is 3.48. The van der Waals surface area contributed by atoms with Crippen molar-refractivity contribution in [1.82, 2.24) is 4.98 Å². The van der Waals surface area contributed by atoms with Crippen molar-refractivity contribution < 1.29 is 18.7 Å². The van der Waals surface area contributed by atoms with E-state index in [1.54, 1.807) is 12.1 Å². The predicted molar refractivity (Wildman–Crippen MR) is 95.4 cm³/mol. The lowest BCUT2D eigenvalue weighted by molar-refractivity contribution is 0.0955. The van der Waals surface area contributed by atoms with Crippen molar-refractivity contribution in [3.05, 3.63) is 59.0 Å². The standard InChI is InChI=1S/C21H18FNO3/c22-13-7-5-12(6-8-13)21(24)14-3-1-2-4-16-20(14)15-9-18-19(26-11-25-18)10-17(15)23-16/h5-10,14,23H,1-4,11H2. The third-order valence-electron chi connectivity index (χ3n) is 5.38. The largest absolute Gasteiger partial charge is 0.454 e. The number of hydrogen-bond donors (Lipinski definition) is 1. The lowest BCUT2D eigenvalue weighted by Gasteiger charge is -2.15. The zero-order chi connectivity index (χ0) is 17.7. The maximum absolute atomic E-state index is 13.2. The van der Waals surface area contributed by atoms with Gasteiger partial charge in [0.05, 0.1) is 0 Å². The minimum absolute atomic E-state index is 0.0479. The Morgan fingerprint density at radius 3 is 2.65 bits per heavy atom. The number of nitrogens with one attached hydrogen (secondary N) is 1. The molecule has 132 valence electrons. The second kappa shape index (κ2) is 5.87. The van der Waals surface area contributed by atoms with E-state index in [1.165, 1.54) is 12.1 Å². The number of fused-ring (bicyclic) bond motifs is 4. The first-order valence-electron chi connectivity index (χ1n) is 8.94. The summed E-state index contributed by atoms with van der Waals surface area (Å²) in [6.45, 7) is 0.224. The number of carbonyl (C=O) groups is 1. The molecule has 1 aliphatic heterocycles. The lowest BCUT2D eigenvalue weighted by atomic mass is 9.86. The van der Waals surface area contributed by atoms with Gasteiger partial charge in [0.2, 0.25) is 6.79 Å². The van der Waals surface area contributed by atoms with Crippen LogP contribution in [0.4, 0.5) is 4.39 Å². The van der Waals surface area contributed by atoms with Gasteiger partial charge in [-0.15, -0.1) is 0 Å². The average Bonchev–Trinajstić information content (AvgIpc) is 3.17. The Morgan fingerprint density at radius 1 is 1.08 bits per heavy atom. The number of ether oxygens (including phenoxy) is 2. The first-order valence-corrected chi connectivity index (χ1v) is 8.94. The van der Waals surface area contributed by atoms with E-state index in [1.807, 2.05) is 12.1 Å². The Bertz CT molecular complexity index is 1010. The highest BCUT2D eigenvalue weighted by Gasteiger charge is 2.30. The van der Waals surface area contributed by atoms with Gasteiger partial charge >= 0.3 is 0 Å². The van der Waals surface area contributed by atoms with E-state index >= 15 is 0 Å². The molecule has 0 bridgehead atoms. The van der Waals surface area contributed by atoms with Gasteiger partial charge in [0, 0.05) is 34.1 Å². The van der Waals surface area contributed by atoms with E-state index in [4.69, 9.17) is 9.47 Å². The van der Waals surface area contributed by atoms with Crippen molar-refractivity contribution in [2.24, 2.45) is 0 Å². The maximum Gasteiger partial charge on any atom is 0.231 e. The fraction of sp³-hybridized carbons (Fsp3) is 0.286. The van der Waals surface area contributed by atoms with Crippen LogP contribution < -0.4 is 9.47 Å². The van der Waals surface area contributed by atoms with Crippen molar-refractivity contribution in [3.63, 3.8) is 0 Å². The third kappa shape index (κ3) is 2.38. The average molecular weight is 351 g/mol. The Labute approximate surface area is 149 Å². The molecule has 5 rings (SSSR count). The van der Waals surface area contributed by atoms with Crippen molar-refractivity contribution in [1.29, 1.82) is 0 Å². The highest BCUT2D eigenvalue weighted by Crippen LogP contribution is 2.43. The smallest absolute Gasteiger partial charge is 0.231 e. The molecule has 2 heterocycles.